The van der Waals surface area contributed by atoms with Crippen LogP contribution in [-0.4, -0.2) is 16.1 Å². The zero-order chi connectivity index (χ0) is 12.6. The molecule has 0 amide bonds. The van der Waals surface area contributed by atoms with E-state index in [9.17, 15) is 0 Å². The first-order chi connectivity index (χ1) is 8.41. The normalized spacial score (nSPS) is 10.9. The van der Waals surface area contributed by atoms with Gasteiger partial charge < -0.3 is 5.11 Å². The third-order valence-electron chi connectivity index (χ3n) is 3.29. The predicted molar refractivity (Wildman–Crippen MR) is 86.0 cm³/mol. The molecule has 0 bridgehead atoms. The molecule has 0 atom stereocenters. The maximum absolute atomic E-state index is 8.64. The van der Waals surface area contributed by atoms with Crippen molar-refractivity contribution in [3.05, 3.63) is 0 Å². The van der Waals surface area contributed by atoms with E-state index in [2.05, 4.69) is 22.6 Å². The van der Waals surface area contributed by atoms with Gasteiger partial charge in [-0.05, 0) is 17.3 Å². The average molecular weight is 354 g/mol. The Morgan fingerprint density at radius 1 is 0.471 bits per heavy atom. The summed E-state index contributed by atoms with van der Waals surface area (Å²) in [4.78, 5) is 0. The van der Waals surface area contributed by atoms with E-state index in [1.807, 2.05) is 0 Å². The van der Waals surface area contributed by atoms with Crippen LogP contribution in [0.2, 0.25) is 0 Å². The first-order valence-corrected chi connectivity index (χ1v) is 9.11. The topological polar surface area (TPSA) is 20.2 Å². The number of aliphatic hydroxyl groups is 1. The van der Waals surface area contributed by atoms with Crippen molar-refractivity contribution in [1.29, 1.82) is 0 Å². The molecule has 0 unspecified atom stereocenters. The Labute approximate surface area is 122 Å². The first-order valence-electron chi connectivity index (χ1n) is 7.58. The molecule has 0 saturated carbocycles. The number of alkyl halides is 1. The lowest BCUT2D eigenvalue weighted by Crippen LogP contribution is -1.85. The number of halogens is 1. The summed E-state index contributed by atoms with van der Waals surface area (Å²) >= 11 is 2.47. The fourth-order valence-corrected chi connectivity index (χ4v) is 2.69. The van der Waals surface area contributed by atoms with Crippen LogP contribution in [0.5, 0.6) is 0 Å². The number of hydrogen-bond donors (Lipinski definition) is 1. The van der Waals surface area contributed by atoms with Crippen molar-refractivity contribution in [1.82, 2.24) is 0 Å². The standard InChI is InChI=1S/C15H31IO/c16-14-12-10-8-6-4-2-1-3-5-7-9-11-13-15-17/h17H,1-15H2. The molecule has 0 rings (SSSR count). The molecule has 0 aromatic rings. The Bertz CT molecular complexity index is 114. The summed E-state index contributed by atoms with van der Waals surface area (Å²) in [6.45, 7) is 0.373. The van der Waals surface area contributed by atoms with Gasteiger partial charge in [-0.25, -0.2) is 0 Å². The van der Waals surface area contributed by atoms with Crippen molar-refractivity contribution in [2.75, 3.05) is 11.0 Å². The minimum Gasteiger partial charge on any atom is -0.396 e. The van der Waals surface area contributed by atoms with Gasteiger partial charge >= 0.3 is 0 Å². The SMILES string of the molecule is OCCCCCCCCCCCCCCCI. The highest BCUT2D eigenvalue weighted by molar-refractivity contribution is 14.1. The zero-order valence-electron chi connectivity index (χ0n) is 11.4. The van der Waals surface area contributed by atoms with E-state index in [0.717, 1.165) is 6.42 Å². The van der Waals surface area contributed by atoms with Crippen molar-refractivity contribution >= 4 is 22.6 Å². The molecule has 0 aliphatic carbocycles. The van der Waals surface area contributed by atoms with Gasteiger partial charge in [0.2, 0.25) is 0 Å². The highest BCUT2D eigenvalue weighted by Gasteiger charge is 1.93. The Balaban J connectivity index is 2.85. The van der Waals surface area contributed by atoms with Gasteiger partial charge in [-0.15, -0.1) is 0 Å². The van der Waals surface area contributed by atoms with E-state index in [-0.39, 0.29) is 0 Å². The molecule has 0 heterocycles. The van der Waals surface area contributed by atoms with Crippen LogP contribution < -0.4 is 0 Å². The molecular formula is C15H31IO. The fourth-order valence-electron chi connectivity index (χ4n) is 2.15. The lowest BCUT2D eigenvalue weighted by atomic mass is 10.0. The molecule has 0 aromatic carbocycles. The molecule has 17 heavy (non-hydrogen) atoms. The summed E-state index contributed by atoms with van der Waals surface area (Å²) in [5.41, 5.74) is 0. The molecule has 0 aliphatic heterocycles. The molecule has 1 N–H and O–H groups in total. The minimum atomic E-state index is 0.373. The van der Waals surface area contributed by atoms with Crippen LogP contribution >= 0.6 is 22.6 Å². The van der Waals surface area contributed by atoms with E-state index >= 15 is 0 Å². The van der Waals surface area contributed by atoms with E-state index in [0.29, 0.717) is 6.61 Å². The fraction of sp³-hybridized carbons (Fsp3) is 1.00. The van der Waals surface area contributed by atoms with Crippen LogP contribution in [0.1, 0.15) is 83.5 Å². The van der Waals surface area contributed by atoms with Gasteiger partial charge in [0.15, 0.2) is 0 Å². The summed E-state index contributed by atoms with van der Waals surface area (Å²) in [6, 6.07) is 0. The van der Waals surface area contributed by atoms with E-state index in [1.54, 1.807) is 0 Å². The molecule has 0 saturated heterocycles. The van der Waals surface area contributed by atoms with Crippen molar-refractivity contribution in [3.63, 3.8) is 0 Å². The van der Waals surface area contributed by atoms with E-state index < -0.39 is 0 Å². The minimum absolute atomic E-state index is 0.373. The van der Waals surface area contributed by atoms with Crippen LogP contribution in [0.25, 0.3) is 0 Å². The molecule has 0 fully saturated rings. The molecule has 0 aliphatic rings. The molecule has 2 heteroatoms. The smallest absolute Gasteiger partial charge is 0.0431 e. The number of hydrogen-bond acceptors (Lipinski definition) is 1. The van der Waals surface area contributed by atoms with Gasteiger partial charge in [-0.3, -0.25) is 0 Å². The van der Waals surface area contributed by atoms with Gasteiger partial charge in [0.25, 0.3) is 0 Å². The molecular weight excluding hydrogens is 323 g/mol. The molecule has 0 aromatic heterocycles. The van der Waals surface area contributed by atoms with Crippen LogP contribution in [-0.2, 0) is 0 Å². The molecule has 0 spiro atoms. The van der Waals surface area contributed by atoms with Crippen LogP contribution in [0, 0.1) is 0 Å². The second kappa shape index (κ2) is 16.7. The summed E-state index contributed by atoms with van der Waals surface area (Å²) in [5, 5.41) is 8.64. The number of unbranched alkanes of at least 4 members (excludes halogenated alkanes) is 12. The summed E-state index contributed by atoms with van der Waals surface area (Å²) in [5.74, 6) is 0. The third-order valence-corrected chi connectivity index (χ3v) is 4.05. The Hall–Kier alpha value is 0.690. The maximum Gasteiger partial charge on any atom is 0.0431 e. The number of rotatable bonds is 14. The lowest BCUT2D eigenvalue weighted by Gasteiger charge is -2.02. The third kappa shape index (κ3) is 16.7. The van der Waals surface area contributed by atoms with Crippen molar-refractivity contribution in [2.24, 2.45) is 0 Å². The van der Waals surface area contributed by atoms with Crippen LogP contribution in [0.3, 0.4) is 0 Å². The predicted octanol–water partition coefficient (Wildman–Crippen LogP) is 5.49. The average Bonchev–Trinajstić information content (AvgIpc) is 2.35. The van der Waals surface area contributed by atoms with Crippen molar-refractivity contribution in [3.8, 4) is 0 Å². The molecule has 104 valence electrons. The van der Waals surface area contributed by atoms with Gasteiger partial charge in [-0.1, -0.05) is 93.2 Å². The molecule has 0 radical (unpaired) electrons. The quantitative estimate of drug-likeness (QED) is 0.249. The van der Waals surface area contributed by atoms with Crippen LogP contribution in [0.4, 0.5) is 0 Å². The second-order valence-corrected chi connectivity index (χ2v) is 6.09. The summed E-state index contributed by atoms with van der Waals surface area (Å²) in [6.07, 6.45) is 17.8. The monoisotopic (exact) mass is 354 g/mol. The Morgan fingerprint density at radius 3 is 1.06 bits per heavy atom. The van der Waals surface area contributed by atoms with E-state index in [1.165, 1.54) is 81.5 Å². The Morgan fingerprint density at radius 2 is 0.765 bits per heavy atom. The highest BCUT2D eigenvalue weighted by atomic mass is 127. The zero-order valence-corrected chi connectivity index (χ0v) is 13.6. The first kappa shape index (κ1) is 17.7. The highest BCUT2D eigenvalue weighted by Crippen LogP contribution is 2.12. The molecule has 1 nitrogen and oxygen atoms in total. The lowest BCUT2D eigenvalue weighted by molar-refractivity contribution is 0.282. The second-order valence-electron chi connectivity index (χ2n) is 5.01. The maximum atomic E-state index is 8.64. The summed E-state index contributed by atoms with van der Waals surface area (Å²) in [7, 11) is 0. The largest absolute Gasteiger partial charge is 0.396 e. The van der Waals surface area contributed by atoms with Crippen LogP contribution in [0.15, 0.2) is 0 Å². The van der Waals surface area contributed by atoms with Crippen molar-refractivity contribution in [2.45, 2.75) is 83.5 Å². The van der Waals surface area contributed by atoms with Gasteiger partial charge in [-0.2, -0.15) is 0 Å². The van der Waals surface area contributed by atoms with Gasteiger partial charge in [0.1, 0.15) is 0 Å². The van der Waals surface area contributed by atoms with Gasteiger partial charge in [0, 0.05) is 6.61 Å². The Kier molecular flexibility index (Phi) is 17.4. The van der Waals surface area contributed by atoms with Crippen molar-refractivity contribution < 1.29 is 5.11 Å². The number of aliphatic hydroxyl groups excluding tert-OH is 1. The summed E-state index contributed by atoms with van der Waals surface area (Å²) < 4.78 is 1.33. The van der Waals surface area contributed by atoms with Gasteiger partial charge in [0.05, 0.1) is 0 Å². The van der Waals surface area contributed by atoms with E-state index in [4.69, 9.17) is 5.11 Å².